The van der Waals surface area contributed by atoms with E-state index in [4.69, 9.17) is 5.73 Å². The fourth-order valence-electron chi connectivity index (χ4n) is 4.90. The maximum Gasteiger partial charge on any atom is 0.213 e. The first kappa shape index (κ1) is 18.1. The van der Waals surface area contributed by atoms with Gasteiger partial charge in [0.1, 0.15) is 0 Å². The third kappa shape index (κ3) is 2.88. The van der Waals surface area contributed by atoms with Crippen LogP contribution in [0.1, 0.15) is 11.1 Å². The van der Waals surface area contributed by atoms with Crippen LogP contribution < -0.4 is 10.3 Å². The summed E-state index contributed by atoms with van der Waals surface area (Å²) in [6.07, 6.45) is 6.65. The van der Waals surface area contributed by atoms with Crippen LogP contribution in [0, 0.1) is 0 Å². The minimum Gasteiger partial charge on any atom is -0.325 e. The molecule has 0 aliphatic heterocycles. The van der Waals surface area contributed by atoms with Crippen LogP contribution in [0.25, 0.3) is 55.4 Å². The molecule has 0 unspecified atom stereocenters. The van der Waals surface area contributed by atoms with E-state index in [1.807, 2.05) is 0 Å². The van der Waals surface area contributed by atoms with Crippen molar-refractivity contribution in [1.29, 1.82) is 0 Å². The molecule has 6 rings (SSSR count). The molecule has 2 nitrogen and oxygen atoms in total. The number of aromatic nitrogens is 1. The first-order valence-corrected chi connectivity index (χ1v) is 10.8. The van der Waals surface area contributed by atoms with Crippen molar-refractivity contribution in [3.63, 3.8) is 0 Å². The van der Waals surface area contributed by atoms with Gasteiger partial charge in [-0.1, -0.05) is 72.8 Å². The van der Waals surface area contributed by atoms with Crippen molar-refractivity contribution in [3.8, 4) is 0 Å². The summed E-state index contributed by atoms with van der Waals surface area (Å²) in [4.78, 5) is 0. The highest BCUT2D eigenvalue weighted by atomic mass is 15.0. The first-order valence-electron chi connectivity index (χ1n) is 10.8. The number of nitrogens with zero attached hydrogens (tertiary/aromatic N) is 1. The normalized spacial score (nSPS) is 12.2. The van der Waals surface area contributed by atoms with Gasteiger partial charge in [-0.15, -0.1) is 0 Å². The van der Waals surface area contributed by atoms with E-state index in [9.17, 15) is 0 Å². The zero-order valence-electron chi connectivity index (χ0n) is 17.3. The highest BCUT2D eigenvalue weighted by Gasteiger charge is 2.12. The van der Waals surface area contributed by atoms with Crippen molar-refractivity contribution in [2.45, 2.75) is 6.54 Å². The molecule has 6 aromatic rings. The summed E-state index contributed by atoms with van der Waals surface area (Å²) in [6, 6.07) is 30.7. The number of rotatable bonds is 4. The van der Waals surface area contributed by atoms with Crippen molar-refractivity contribution in [1.82, 2.24) is 0 Å². The third-order valence-electron chi connectivity index (χ3n) is 6.31. The van der Waals surface area contributed by atoms with Gasteiger partial charge in [-0.25, -0.2) is 0 Å². The van der Waals surface area contributed by atoms with Crippen LogP contribution in [-0.4, -0.2) is 6.54 Å². The first-order chi connectivity index (χ1) is 15.3. The van der Waals surface area contributed by atoms with Crippen molar-refractivity contribution in [2.24, 2.45) is 5.73 Å². The van der Waals surface area contributed by atoms with Crippen LogP contribution in [-0.2, 0) is 6.54 Å². The molecule has 0 saturated carbocycles. The second-order valence-corrected chi connectivity index (χ2v) is 8.12. The molecule has 0 spiro atoms. The lowest BCUT2D eigenvalue weighted by molar-refractivity contribution is -0.668. The Kier molecular flexibility index (Phi) is 4.19. The summed E-state index contributed by atoms with van der Waals surface area (Å²) in [5.74, 6) is 0. The van der Waals surface area contributed by atoms with Crippen molar-refractivity contribution < 1.29 is 4.57 Å². The lowest BCUT2D eigenvalue weighted by atomic mass is 9.91. The van der Waals surface area contributed by atoms with E-state index in [0.717, 1.165) is 6.54 Å². The van der Waals surface area contributed by atoms with Crippen molar-refractivity contribution in [2.75, 3.05) is 6.54 Å². The summed E-state index contributed by atoms with van der Waals surface area (Å²) in [5, 5.41) is 9.15. The topological polar surface area (TPSA) is 29.9 Å². The molecule has 2 N–H and O–H groups in total. The molecule has 1 aromatic heterocycles. The summed E-state index contributed by atoms with van der Waals surface area (Å²) >= 11 is 0. The Balaban J connectivity index is 1.56. The average Bonchev–Trinajstić information content (AvgIpc) is 2.82. The standard InChI is InChI=1S/C29H23N2/c30-16-18-31-17-15-20(25-8-1-2-10-27(25)31)11-14-23-19-24-7-3-5-21-12-13-22-6-4-9-26(23)29(22)28(21)24/h1-15,17,19H,16,18,30H2/q+1/b14-11+. The molecule has 0 saturated heterocycles. The molecule has 0 atom stereocenters. The number of hydrogen-bond donors (Lipinski definition) is 1. The number of fused-ring (bicyclic) bond motifs is 1. The maximum absolute atomic E-state index is 5.81. The molecule has 0 bridgehead atoms. The molecule has 1 heterocycles. The van der Waals surface area contributed by atoms with Gasteiger partial charge in [0.15, 0.2) is 12.7 Å². The molecule has 2 heteroatoms. The molecular weight excluding hydrogens is 376 g/mol. The van der Waals surface area contributed by atoms with E-state index >= 15 is 0 Å². The van der Waals surface area contributed by atoms with Gasteiger partial charge in [0, 0.05) is 12.1 Å². The second kappa shape index (κ2) is 7.19. The minimum atomic E-state index is 0.631. The van der Waals surface area contributed by atoms with Crippen LogP contribution in [0.4, 0.5) is 0 Å². The number of benzene rings is 5. The highest BCUT2D eigenvalue weighted by Crippen LogP contribution is 2.37. The Bertz CT molecular complexity index is 1590. The Morgan fingerprint density at radius 2 is 1.35 bits per heavy atom. The van der Waals surface area contributed by atoms with Gasteiger partial charge in [0.2, 0.25) is 5.52 Å². The zero-order chi connectivity index (χ0) is 20.8. The van der Waals surface area contributed by atoms with Crippen molar-refractivity contribution >= 4 is 55.4 Å². The number of pyridine rings is 1. The zero-order valence-corrected chi connectivity index (χ0v) is 17.3. The Hall–Kier alpha value is -3.75. The van der Waals surface area contributed by atoms with Crippen LogP contribution in [0.5, 0.6) is 0 Å². The Morgan fingerprint density at radius 3 is 2.23 bits per heavy atom. The van der Waals surface area contributed by atoms with Crippen LogP contribution in [0.2, 0.25) is 0 Å². The van der Waals surface area contributed by atoms with Gasteiger partial charge >= 0.3 is 0 Å². The Morgan fingerprint density at radius 1 is 0.645 bits per heavy atom. The third-order valence-corrected chi connectivity index (χ3v) is 6.31. The molecule has 0 fully saturated rings. The van der Waals surface area contributed by atoms with E-state index in [0.29, 0.717) is 6.54 Å². The maximum atomic E-state index is 5.81. The predicted molar refractivity (Wildman–Crippen MR) is 132 cm³/mol. The van der Waals surface area contributed by atoms with Crippen LogP contribution in [0.15, 0.2) is 91.1 Å². The molecule has 5 aromatic carbocycles. The van der Waals surface area contributed by atoms with Gasteiger partial charge in [-0.2, -0.15) is 4.57 Å². The van der Waals surface area contributed by atoms with Gasteiger partial charge in [-0.3, -0.25) is 0 Å². The van der Waals surface area contributed by atoms with E-state index in [2.05, 4.69) is 108 Å². The number of nitrogens with two attached hydrogens (primary N) is 1. The van der Waals surface area contributed by atoms with E-state index in [1.54, 1.807) is 0 Å². The van der Waals surface area contributed by atoms with Crippen LogP contribution in [0.3, 0.4) is 0 Å². The molecule has 31 heavy (non-hydrogen) atoms. The summed E-state index contributed by atoms with van der Waals surface area (Å²) < 4.78 is 2.23. The van der Waals surface area contributed by atoms with Gasteiger partial charge < -0.3 is 5.73 Å². The number of hydrogen-bond acceptors (Lipinski definition) is 1. The average molecular weight is 400 g/mol. The lowest BCUT2D eigenvalue weighted by Crippen LogP contribution is -2.37. The fraction of sp³-hybridized carbons (Fsp3) is 0.0690. The molecule has 148 valence electrons. The fourth-order valence-corrected chi connectivity index (χ4v) is 4.90. The van der Waals surface area contributed by atoms with Gasteiger partial charge in [0.05, 0.1) is 11.9 Å². The molecule has 0 aliphatic carbocycles. The SMILES string of the molecule is NCC[n+]1ccc(/C=C/c2cc3cccc4ccc5cccc2c5c43)c2ccccc21. The predicted octanol–water partition coefficient (Wildman–Crippen LogP) is 6.15. The quantitative estimate of drug-likeness (QED) is 0.279. The lowest BCUT2D eigenvalue weighted by Gasteiger charge is -2.13. The summed E-state index contributed by atoms with van der Waals surface area (Å²) in [5.41, 5.74) is 9.49. The van der Waals surface area contributed by atoms with E-state index in [1.165, 1.54) is 54.3 Å². The van der Waals surface area contributed by atoms with E-state index in [-0.39, 0.29) is 0 Å². The molecule has 0 amide bonds. The monoisotopic (exact) mass is 399 g/mol. The molecular formula is C29H23N2+. The summed E-state index contributed by atoms with van der Waals surface area (Å²) in [7, 11) is 0. The number of para-hydroxylation sites is 1. The molecule has 0 aliphatic rings. The van der Waals surface area contributed by atoms with Gasteiger partial charge in [-0.05, 0) is 55.6 Å². The van der Waals surface area contributed by atoms with Gasteiger partial charge in [0.25, 0.3) is 0 Å². The molecule has 0 radical (unpaired) electrons. The van der Waals surface area contributed by atoms with Crippen LogP contribution >= 0.6 is 0 Å². The largest absolute Gasteiger partial charge is 0.325 e. The smallest absolute Gasteiger partial charge is 0.213 e. The summed E-state index contributed by atoms with van der Waals surface area (Å²) in [6.45, 7) is 1.45. The second-order valence-electron chi connectivity index (χ2n) is 8.12. The minimum absolute atomic E-state index is 0.631. The van der Waals surface area contributed by atoms with Crippen molar-refractivity contribution in [3.05, 3.63) is 102 Å². The van der Waals surface area contributed by atoms with E-state index < -0.39 is 0 Å². The Labute approximate surface area is 181 Å². The highest BCUT2D eigenvalue weighted by molar-refractivity contribution is 6.24.